The zero-order chi connectivity index (χ0) is 15.6. The average molecular weight is 308 g/mol. The third kappa shape index (κ3) is 1.80. The van der Waals surface area contributed by atoms with Gasteiger partial charge in [-0.1, -0.05) is 39.3 Å². The molecular formula is C15H18ClN3O2. The highest BCUT2D eigenvalue weighted by Crippen LogP contribution is 2.73. The van der Waals surface area contributed by atoms with E-state index in [0.29, 0.717) is 16.2 Å². The lowest BCUT2D eigenvalue weighted by molar-refractivity contribution is 0.0600. The Morgan fingerprint density at radius 3 is 2.43 bits per heavy atom. The molecule has 1 aliphatic rings. The molecule has 0 bridgehead atoms. The normalized spacial score (nSPS) is 19.7. The van der Waals surface area contributed by atoms with Crippen molar-refractivity contribution in [3.63, 3.8) is 0 Å². The zero-order valence-electron chi connectivity index (χ0n) is 12.8. The molecule has 0 saturated heterocycles. The van der Waals surface area contributed by atoms with Crippen LogP contribution in [0.4, 0.5) is 0 Å². The molecule has 1 aliphatic carbocycles. The van der Waals surface area contributed by atoms with Crippen LogP contribution in [0.15, 0.2) is 12.3 Å². The van der Waals surface area contributed by atoms with E-state index < -0.39 is 5.97 Å². The first-order chi connectivity index (χ1) is 9.71. The van der Waals surface area contributed by atoms with Gasteiger partial charge in [-0.15, -0.1) is 10.2 Å². The smallest absolute Gasteiger partial charge is 0.339 e. The number of esters is 1. The second kappa shape index (κ2) is 4.19. The molecule has 6 heteroatoms. The molecule has 0 spiro atoms. The van der Waals surface area contributed by atoms with Crippen molar-refractivity contribution in [1.82, 2.24) is 14.6 Å². The van der Waals surface area contributed by atoms with Gasteiger partial charge >= 0.3 is 5.97 Å². The highest BCUT2D eigenvalue weighted by atomic mass is 35.5. The summed E-state index contributed by atoms with van der Waals surface area (Å²) in [4.78, 5) is 11.7. The van der Waals surface area contributed by atoms with Gasteiger partial charge in [0.15, 0.2) is 5.65 Å². The summed E-state index contributed by atoms with van der Waals surface area (Å²) in [6, 6.07) is 1.56. The Kier molecular flexibility index (Phi) is 2.86. The van der Waals surface area contributed by atoms with Crippen molar-refractivity contribution in [2.45, 2.75) is 33.6 Å². The number of carbonyl (C=O) groups excluding carboxylic acids is 1. The van der Waals surface area contributed by atoms with Crippen LogP contribution in [0.25, 0.3) is 5.65 Å². The molecule has 1 saturated carbocycles. The predicted octanol–water partition coefficient (Wildman–Crippen LogP) is 3.32. The number of fused-ring (bicyclic) bond motifs is 1. The standard InChI is InChI=1S/C15H18ClN3O2/c1-14(2)10(15(14,3)4)12-18-17-11-9(16)6-8(7-19(11)12)13(20)21-5/h6-7,10H,1-5H3. The van der Waals surface area contributed by atoms with E-state index in [4.69, 9.17) is 16.3 Å². The number of pyridine rings is 1. The SMILES string of the molecule is COC(=O)c1cc(Cl)c2nnc(C3C(C)(C)C3(C)C)n2c1. The minimum Gasteiger partial charge on any atom is -0.465 e. The summed E-state index contributed by atoms with van der Waals surface area (Å²) in [6.45, 7) is 8.85. The van der Waals surface area contributed by atoms with Crippen LogP contribution in [0, 0.1) is 10.8 Å². The van der Waals surface area contributed by atoms with Crippen LogP contribution in [-0.2, 0) is 4.74 Å². The van der Waals surface area contributed by atoms with Crippen molar-refractivity contribution < 1.29 is 9.53 Å². The third-order valence-electron chi connectivity index (χ3n) is 5.19. The van der Waals surface area contributed by atoms with Crippen LogP contribution in [0.1, 0.15) is 49.8 Å². The fraction of sp³-hybridized carbons (Fsp3) is 0.533. The number of hydrogen-bond acceptors (Lipinski definition) is 4. The van der Waals surface area contributed by atoms with Gasteiger partial charge < -0.3 is 4.74 Å². The van der Waals surface area contributed by atoms with Crippen LogP contribution in [0.2, 0.25) is 5.02 Å². The van der Waals surface area contributed by atoms with Crippen molar-refractivity contribution >= 4 is 23.2 Å². The summed E-state index contributed by atoms with van der Waals surface area (Å²) in [6.07, 6.45) is 1.70. The van der Waals surface area contributed by atoms with E-state index in [1.165, 1.54) is 7.11 Å². The average Bonchev–Trinajstić information content (AvgIpc) is 2.75. The lowest BCUT2D eigenvalue weighted by Crippen LogP contribution is -2.05. The first-order valence-electron chi connectivity index (χ1n) is 6.84. The number of aromatic nitrogens is 3. The molecule has 2 heterocycles. The summed E-state index contributed by atoms with van der Waals surface area (Å²) in [5.41, 5.74) is 1.22. The largest absolute Gasteiger partial charge is 0.465 e. The van der Waals surface area contributed by atoms with Crippen LogP contribution >= 0.6 is 11.6 Å². The highest BCUT2D eigenvalue weighted by molar-refractivity contribution is 6.33. The molecule has 0 amide bonds. The molecule has 2 aromatic heterocycles. The van der Waals surface area contributed by atoms with E-state index in [1.54, 1.807) is 12.3 Å². The van der Waals surface area contributed by atoms with Gasteiger partial charge in [0.1, 0.15) is 5.82 Å². The van der Waals surface area contributed by atoms with Crippen LogP contribution in [0.5, 0.6) is 0 Å². The van der Waals surface area contributed by atoms with E-state index in [1.807, 2.05) is 4.40 Å². The van der Waals surface area contributed by atoms with Crippen LogP contribution < -0.4 is 0 Å². The molecule has 112 valence electrons. The van der Waals surface area contributed by atoms with Gasteiger partial charge in [-0.3, -0.25) is 4.40 Å². The first-order valence-corrected chi connectivity index (χ1v) is 7.22. The van der Waals surface area contributed by atoms with E-state index in [0.717, 1.165) is 5.82 Å². The molecule has 0 N–H and O–H groups in total. The van der Waals surface area contributed by atoms with Gasteiger partial charge in [0.05, 0.1) is 17.7 Å². The van der Waals surface area contributed by atoms with Gasteiger partial charge in [0, 0.05) is 12.1 Å². The molecule has 5 nitrogen and oxygen atoms in total. The van der Waals surface area contributed by atoms with Crippen molar-refractivity contribution in [1.29, 1.82) is 0 Å². The van der Waals surface area contributed by atoms with E-state index in [-0.39, 0.29) is 16.7 Å². The molecule has 0 aromatic carbocycles. The zero-order valence-corrected chi connectivity index (χ0v) is 13.5. The Morgan fingerprint density at radius 2 is 1.90 bits per heavy atom. The summed E-state index contributed by atoms with van der Waals surface area (Å²) in [5.74, 6) is 0.685. The number of carbonyl (C=O) groups is 1. The van der Waals surface area contributed by atoms with Crippen molar-refractivity contribution in [2.75, 3.05) is 7.11 Å². The number of halogens is 1. The van der Waals surface area contributed by atoms with Crippen molar-refractivity contribution in [2.24, 2.45) is 10.8 Å². The third-order valence-corrected chi connectivity index (χ3v) is 5.46. The number of nitrogens with zero attached hydrogens (tertiary/aromatic N) is 3. The van der Waals surface area contributed by atoms with Gasteiger partial charge in [-0.05, 0) is 16.9 Å². The molecule has 1 fully saturated rings. The van der Waals surface area contributed by atoms with Gasteiger partial charge in [-0.25, -0.2) is 4.79 Å². The Hall–Kier alpha value is -1.62. The minimum atomic E-state index is -0.423. The molecule has 2 aromatic rings. The molecule has 0 atom stereocenters. The Bertz CT molecular complexity index is 735. The summed E-state index contributed by atoms with van der Waals surface area (Å²) < 4.78 is 6.58. The summed E-state index contributed by atoms with van der Waals surface area (Å²) >= 11 is 6.21. The molecule has 0 unspecified atom stereocenters. The predicted molar refractivity (Wildman–Crippen MR) is 79.6 cm³/mol. The maximum atomic E-state index is 11.7. The Balaban J connectivity index is 2.18. The number of ether oxygens (including phenoxy) is 1. The monoisotopic (exact) mass is 307 g/mol. The van der Waals surface area contributed by atoms with Crippen molar-refractivity contribution in [3.05, 3.63) is 28.7 Å². The fourth-order valence-electron chi connectivity index (χ4n) is 3.24. The van der Waals surface area contributed by atoms with Crippen LogP contribution in [-0.4, -0.2) is 27.7 Å². The van der Waals surface area contributed by atoms with Gasteiger partial charge in [0.25, 0.3) is 0 Å². The maximum absolute atomic E-state index is 11.7. The Labute approximate surface area is 128 Å². The lowest BCUT2D eigenvalue weighted by atomic mass is 10.0. The highest BCUT2D eigenvalue weighted by Gasteiger charge is 2.67. The van der Waals surface area contributed by atoms with E-state index in [2.05, 4.69) is 37.9 Å². The lowest BCUT2D eigenvalue weighted by Gasteiger charge is -2.05. The molecule has 3 rings (SSSR count). The van der Waals surface area contributed by atoms with E-state index >= 15 is 0 Å². The maximum Gasteiger partial charge on any atom is 0.339 e. The van der Waals surface area contributed by atoms with Crippen molar-refractivity contribution in [3.8, 4) is 0 Å². The molecule has 21 heavy (non-hydrogen) atoms. The molecular weight excluding hydrogens is 290 g/mol. The number of rotatable bonds is 2. The van der Waals surface area contributed by atoms with Gasteiger partial charge in [0.2, 0.25) is 0 Å². The molecule has 0 radical (unpaired) electrons. The van der Waals surface area contributed by atoms with E-state index in [9.17, 15) is 4.79 Å². The topological polar surface area (TPSA) is 56.5 Å². The van der Waals surface area contributed by atoms with Gasteiger partial charge in [-0.2, -0.15) is 0 Å². The molecule has 0 aliphatic heterocycles. The Morgan fingerprint density at radius 1 is 1.29 bits per heavy atom. The second-order valence-electron chi connectivity index (χ2n) is 6.70. The second-order valence-corrected chi connectivity index (χ2v) is 7.10. The first kappa shape index (κ1) is 14.3. The minimum absolute atomic E-state index is 0.129. The summed E-state index contributed by atoms with van der Waals surface area (Å²) in [7, 11) is 1.35. The van der Waals surface area contributed by atoms with Crippen LogP contribution in [0.3, 0.4) is 0 Å². The number of hydrogen-bond donors (Lipinski definition) is 0. The number of methoxy groups -OCH3 is 1. The quantitative estimate of drug-likeness (QED) is 0.799. The summed E-state index contributed by atoms with van der Waals surface area (Å²) in [5, 5.41) is 8.87. The fourth-order valence-corrected chi connectivity index (χ4v) is 3.49.